The minimum atomic E-state index is -0.434. The second-order valence-electron chi connectivity index (χ2n) is 5.13. The summed E-state index contributed by atoms with van der Waals surface area (Å²) in [5.74, 6) is -0.170. The first-order valence-electron chi connectivity index (χ1n) is 6.98. The number of amides is 1. The van der Waals surface area contributed by atoms with Crippen LogP contribution in [0.5, 0.6) is 5.75 Å². The minimum Gasteiger partial charge on any atom is -0.494 e. The molecule has 1 fully saturated rings. The smallest absolute Gasteiger partial charge is 0.242 e. The number of carbonyl (C=O) groups is 1. The highest BCUT2D eigenvalue weighted by atomic mass is 19.1. The van der Waals surface area contributed by atoms with Gasteiger partial charge in [0.25, 0.3) is 0 Å². The average molecular weight is 280 g/mol. The molecular weight excluding hydrogens is 259 g/mol. The van der Waals surface area contributed by atoms with Crippen molar-refractivity contribution in [3.05, 3.63) is 24.0 Å². The number of methoxy groups -OCH3 is 1. The van der Waals surface area contributed by atoms with Crippen molar-refractivity contribution in [1.29, 1.82) is 0 Å². The van der Waals surface area contributed by atoms with Crippen molar-refractivity contribution in [1.82, 2.24) is 4.90 Å². The molecule has 1 aliphatic heterocycles. The van der Waals surface area contributed by atoms with E-state index in [0.29, 0.717) is 11.7 Å². The number of rotatable bonds is 4. The number of piperidine rings is 1. The number of likely N-dealkylation sites (tertiary alicyclic amines) is 1. The van der Waals surface area contributed by atoms with Gasteiger partial charge in [-0.2, -0.15) is 0 Å². The molecule has 1 amide bonds. The van der Waals surface area contributed by atoms with Crippen molar-refractivity contribution in [2.24, 2.45) is 0 Å². The van der Waals surface area contributed by atoms with Crippen LogP contribution in [0.1, 0.15) is 26.2 Å². The van der Waals surface area contributed by atoms with Crippen LogP contribution in [0, 0.1) is 5.82 Å². The molecule has 1 atom stereocenters. The molecule has 0 aromatic heterocycles. The third-order valence-electron chi connectivity index (χ3n) is 3.72. The van der Waals surface area contributed by atoms with E-state index in [2.05, 4.69) is 12.2 Å². The van der Waals surface area contributed by atoms with Gasteiger partial charge in [-0.25, -0.2) is 4.39 Å². The molecule has 0 spiro atoms. The largest absolute Gasteiger partial charge is 0.494 e. The van der Waals surface area contributed by atoms with Gasteiger partial charge in [0.1, 0.15) is 0 Å². The van der Waals surface area contributed by atoms with Gasteiger partial charge in [0.15, 0.2) is 11.6 Å². The Kier molecular flexibility index (Phi) is 4.82. The lowest BCUT2D eigenvalue weighted by Crippen LogP contribution is -2.44. The van der Waals surface area contributed by atoms with Gasteiger partial charge in [-0.3, -0.25) is 4.79 Å². The third kappa shape index (κ3) is 3.40. The molecule has 0 radical (unpaired) electrons. The molecule has 4 nitrogen and oxygen atoms in total. The topological polar surface area (TPSA) is 41.6 Å². The number of hydrogen-bond acceptors (Lipinski definition) is 3. The molecule has 1 aliphatic rings. The van der Waals surface area contributed by atoms with E-state index in [1.807, 2.05) is 4.90 Å². The van der Waals surface area contributed by atoms with Crippen LogP contribution in [0.25, 0.3) is 0 Å². The number of hydrogen-bond donors (Lipinski definition) is 1. The van der Waals surface area contributed by atoms with E-state index in [4.69, 9.17) is 4.74 Å². The lowest BCUT2D eigenvalue weighted by Gasteiger charge is -2.33. The Morgan fingerprint density at radius 2 is 2.30 bits per heavy atom. The Labute approximate surface area is 118 Å². The number of ether oxygens (including phenoxy) is 1. The predicted molar refractivity (Wildman–Crippen MR) is 76.5 cm³/mol. The second-order valence-corrected chi connectivity index (χ2v) is 5.13. The van der Waals surface area contributed by atoms with E-state index in [9.17, 15) is 9.18 Å². The number of anilines is 1. The van der Waals surface area contributed by atoms with Gasteiger partial charge in [0, 0.05) is 24.3 Å². The Bertz CT molecular complexity index is 479. The molecule has 110 valence electrons. The van der Waals surface area contributed by atoms with E-state index in [-0.39, 0.29) is 18.2 Å². The van der Waals surface area contributed by atoms with E-state index in [0.717, 1.165) is 19.4 Å². The van der Waals surface area contributed by atoms with Crippen LogP contribution < -0.4 is 10.1 Å². The van der Waals surface area contributed by atoms with Crippen LogP contribution in [-0.2, 0) is 4.79 Å². The number of benzene rings is 1. The number of halogens is 1. The van der Waals surface area contributed by atoms with Crippen LogP contribution in [0.4, 0.5) is 10.1 Å². The van der Waals surface area contributed by atoms with E-state index >= 15 is 0 Å². The summed E-state index contributed by atoms with van der Waals surface area (Å²) >= 11 is 0. The molecule has 2 rings (SSSR count). The van der Waals surface area contributed by atoms with Gasteiger partial charge in [0.05, 0.1) is 13.7 Å². The fraction of sp³-hybridized carbons (Fsp3) is 0.533. The zero-order valence-corrected chi connectivity index (χ0v) is 12.0. The molecule has 20 heavy (non-hydrogen) atoms. The highest BCUT2D eigenvalue weighted by molar-refractivity contribution is 5.81. The summed E-state index contributed by atoms with van der Waals surface area (Å²) < 4.78 is 18.4. The zero-order chi connectivity index (χ0) is 14.5. The average Bonchev–Trinajstić information content (AvgIpc) is 2.45. The molecule has 1 aromatic carbocycles. The van der Waals surface area contributed by atoms with Crippen LogP contribution in [0.2, 0.25) is 0 Å². The standard InChI is InChI=1S/C15H21FN2O2/c1-11-5-3-4-8-18(11)15(19)10-17-12-6-7-14(20-2)13(16)9-12/h6-7,9,11,17H,3-5,8,10H2,1-2H3/t11-/m1/s1. The Balaban J connectivity index is 1.91. The maximum atomic E-state index is 13.5. The van der Waals surface area contributed by atoms with E-state index in [1.54, 1.807) is 12.1 Å². The van der Waals surface area contributed by atoms with Crippen molar-refractivity contribution in [3.63, 3.8) is 0 Å². The van der Waals surface area contributed by atoms with Gasteiger partial charge in [-0.05, 0) is 38.3 Å². The molecule has 1 N–H and O–H groups in total. The summed E-state index contributed by atoms with van der Waals surface area (Å²) in [6.45, 7) is 3.08. The van der Waals surface area contributed by atoms with Crippen molar-refractivity contribution in [2.75, 3.05) is 25.5 Å². The van der Waals surface area contributed by atoms with Crippen molar-refractivity contribution < 1.29 is 13.9 Å². The van der Waals surface area contributed by atoms with E-state index < -0.39 is 5.82 Å². The first-order chi connectivity index (χ1) is 9.61. The third-order valence-corrected chi connectivity index (χ3v) is 3.72. The minimum absolute atomic E-state index is 0.0634. The van der Waals surface area contributed by atoms with Gasteiger partial charge in [-0.15, -0.1) is 0 Å². The summed E-state index contributed by atoms with van der Waals surface area (Å²) in [6, 6.07) is 4.89. The summed E-state index contributed by atoms with van der Waals surface area (Å²) in [6.07, 6.45) is 3.30. The SMILES string of the molecule is COc1ccc(NCC(=O)N2CCCC[C@H]2C)cc1F. The molecule has 1 saturated heterocycles. The maximum Gasteiger partial charge on any atom is 0.242 e. The van der Waals surface area contributed by atoms with Crippen LogP contribution in [0.15, 0.2) is 18.2 Å². The van der Waals surface area contributed by atoms with E-state index in [1.165, 1.54) is 19.6 Å². The summed E-state index contributed by atoms with van der Waals surface area (Å²) in [7, 11) is 1.42. The normalized spacial score (nSPS) is 18.8. The molecule has 1 aromatic rings. The molecule has 0 saturated carbocycles. The fourth-order valence-corrected chi connectivity index (χ4v) is 2.52. The van der Waals surface area contributed by atoms with Gasteiger partial charge < -0.3 is 15.0 Å². The van der Waals surface area contributed by atoms with Crippen molar-refractivity contribution >= 4 is 11.6 Å². The lowest BCUT2D eigenvalue weighted by molar-refractivity contribution is -0.132. The van der Waals surface area contributed by atoms with Gasteiger partial charge >= 0.3 is 0 Å². The number of nitrogens with zero attached hydrogens (tertiary/aromatic N) is 1. The van der Waals surface area contributed by atoms with Gasteiger partial charge in [-0.1, -0.05) is 0 Å². The number of carbonyl (C=O) groups excluding carboxylic acids is 1. The Hall–Kier alpha value is -1.78. The predicted octanol–water partition coefficient (Wildman–Crippen LogP) is 2.65. The zero-order valence-electron chi connectivity index (χ0n) is 12.0. The van der Waals surface area contributed by atoms with Crippen LogP contribution in [0.3, 0.4) is 0 Å². The van der Waals surface area contributed by atoms with Crippen LogP contribution in [-0.4, -0.2) is 37.0 Å². The Morgan fingerprint density at radius 1 is 1.50 bits per heavy atom. The highest BCUT2D eigenvalue weighted by Gasteiger charge is 2.22. The van der Waals surface area contributed by atoms with Crippen LogP contribution >= 0.6 is 0 Å². The molecule has 0 aliphatic carbocycles. The first kappa shape index (κ1) is 14.6. The Morgan fingerprint density at radius 3 is 2.95 bits per heavy atom. The highest BCUT2D eigenvalue weighted by Crippen LogP contribution is 2.21. The molecular formula is C15H21FN2O2. The fourth-order valence-electron chi connectivity index (χ4n) is 2.52. The van der Waals surface area contributed by atoms with Crippen molar-refractivity contribution in [3.8, 4) is 5.75 Å². The molecule has 1 heterocycles. The van der Waals surface area contributed by atoms with Gasteiger partial charge in [0.2, 0.25) is 5.91 Å². The maximum absolute atomic E-state index is 13.5. The molecule has 0 bridgehead atoms. The molecule has 0 unspecified atom stereocenters. The quantitative estimate of drug-likeness (QED) is 0.922. The summed E-state index contributed by atoms with van der Waals surface area (Å²) in [5.41, 5.74) is 0.585. The molecule has 5 heteroatoms. The summed E-state index contributed by atoms with van der Waals surface area (Å²) in [5, 5.41) is 2.97. The first-order valence-corrected chi connectivity index (χ1v) is 6.98. The lowest BCUT2D eigenvalue weighted by atomic mass is 10.0. The monoisotopic (exact) mass is 280 g/mol. The second kappa shape index (κ2) is 6.59. The van der Waals surface area contributed by atoms with Crippen molar-refractivity contribution in [2.45, 2.75) is 32.2 Å². The number of nitrogens with one attached hydrogen (secondary N) is 1. The summed E-state index contributed by atoms with van der Waals surface area (Å²) in [4.78, 5) is 14.0.